The Morgan fingerprint density at radius 1 is 1.28 bits per heavy atom. The molecule has 1 heterocycles. The number of hydrogen-bond donors (Lipinski definition) is 1. The predicted molar refractivity (Wildman–Crippen MR) is 73.9 cm³/mol. The lowest BCUT2D eigenvalue weighted by Gasteiger charge is -2.12. The quantitative estimate of drug-likeness (QED) is 0.945. The van der Waals surface area contributed by atoms with Crippen LogP contribution in [0.15, 0.2) is 22.7 Å². The Balaban J connectivity index is 2.68. The van der Waals surface area contributed by atoms with Gasteiger partial charge in [0, 0.05) is 17.6 Å². The van der Waals surface area contributed by atoms with Gasteiger partial charge in [0.2, 0.25) is 0 Å². The van der Waals surface area contributed by atoms with Gasteiger partial charge in [-0.25, -0.2) is 0 Å². The van der Waals surface area contributed by atoms with E-state index in [4.69, 9.17) is 15.2 Å². The van der Waals surface area contributed by atoms with E-state index >= 15 is 0 Å². The fourth-order valence-electron chi connectivity index (χ4n) is 1.75. The van der Waals surface area contributed by atoms with Crippen molar-refractivity contribution in [3.05, 3.63) is 22.7 Å². The molecule has 2 rings (SSSR count). The number of rotatable bonds is 3. The van der Waals surface area contributed by atoms with E-state index in [9.17, 15) is 0 Å². The van der Waals surface area contributed by atoms with Gasteiger partial charge in [-0.15, -0.1) is 0 Å². The number of ether oxygens (including phenoxy) is 2. The Labute approximate surface area is 114 Å². The van der Waals surface area contributed by atoms with Crippen LogP contribution in [0.5, 0.6) is 11.5 Å². The molecule has 0 aliphatic carbocycles. The zero-order chi connectivity index (χ0) is 13.3. The van der Waals surface area contributed by atoms with Crippen molar-refractivity contribution in [3.8, 4) is 22.8 Å². The number of anilines is 1. The van der Waals surface area contributed by atoms with Crippen molar-refractivity contribution in [1.82, 2.24) is 9.78 Å². The second-order valence-corrected chi connectivity index (χ2v) is 4.59. The second-order valence-electron chi connectivity index (χ2n) is 3.74. The summed E-state index contributed by atoms with van der Waals surface area (Å²) in [5.41, 5.74) is 7.36. The van der Waals surface area contributed by atoms with E-state index in [0.29, 0.717) is 17.3 Å². The highest BCUT2D eigenvalue weighted by atomic mass is 79.9. The molecule has 0 saturated heterocycles. The SMILES string of the molecule is COc1ccc(Br)c(-c2cc(N)n(C)n2)c1OC. The first-order valence-electron chi connectivity index (χ1n) is 5.28. The third-order valence-corrected chi connectivity index (χ3v) is 3.33. The summed E-state index contributed by atoms with van der Waals surface area (Å²) in [5.74, 6) is 1.87. The Bertz CT molecular complexity index is 561. The minimum absolute atomic E-state index is 0.585. The van der Waals surface area contributed by atoms with E-state index in [2.05, 4.69) is 21.0 Å². The van der Waals surface area contributed by atoms with Gasteiger partial charge in [-0.05, 0) is 28.1 Å². The van der Waals surface area contributed by atoms with Gasteiger partial charge in [-0.2, -0.15) is 5.10 Å². The van der Waals surface area contributed by atoms with Gasteiger partial charge in [-0.1, -0.05) is 0 Å². The van der Waals surface area contributed by atoms with Crippen molar-refractivity contribution in [1.29, 1.82) is 0 Å². The summed E-state index contributed by atoms with van der Waals surface area (Å²) < 4.78 is 13.2. The van der Waals surface area contributed by atoms with Gasteiger partial charge in [0.05, 0.1) is 25.5 Å². The number of hydrogen-bond acceptors (Lipinski definition) is 4. The summed E-state index contributed by atoms with van der Waals surface area (Å²) in [6, 6.07) is 5.52. The lowest BCUT2D eigenvalue weighted by molar-refractivity contribution is 0.356. The average molecular weight is 312 g/mol. The van der Waals surface area contributed by atoms with Crippen LogP contribution < -0.4 is 15.2 Å². The first-order valence-corrected chi connectivity index (χ1v) is 6.08. The number of nitrogen functional groups attached to an aromatic ring is 1. The molecule has 0 aliphatic rings. The molecule has 0 bridgehead atoms. The zero-order valence-electron chi connectivity index (χ0n) is 10.4. The Morgan fingerprint density at radius 2 is 2.00 bits per heavy atom. The molecule has 0 saturated carbocycles. The van der Waals surface area contributed by atoms with Crippen molar-refractivity contribution in [2.24, 2.45) is 7.05 Å². The normalized spacial score (nSPS) is 10.4. The molecule has 5 nitrogen and oxygen atoms in total. The van der Waals surface area contributed by atoms with Gasteiger partial charge in [0.15, 0.2) is 11.5 Å². The zero-order valence-corrected chi connectivity index (χ0v) is 12.0. The molecule has 6 heteroatoms. The van der Waals surface area contributed by atoms with Gasteiger partial charge in [0.25, 0.3) is 0 Å². The first kappa shape index (κ1) is 12.8. The van der Waals surface area contributed by atoms with Gasteiger partial charge in [0.1, 0.15) is 5.82 Å². The molecule has 1 aromatic heterocycles. The number of aromatic nitrogens is 2. The van der Waals surface area contributed by atoms with Crippen LogP contribution in [0.1, 0.15) is 0 Å². The number of halogens is 1. The molecule has 0 unspecified atom stereocenters. The molecule has 0 amide bonds. The van der Waals surface area contributed by atoms with Gasteiger partial charge in [-0.3, -0.25) is 4.68 Å². The molecule has 2 N–H and O–H groups in total. The van der Waals surface area contributed by atoms with E-state index in [-0.39, 0.29) is 0 Å². The summed E-state index contributed by atoms with van der Waals surface area (Å²) in [5, 5.41) is 4.35. The fraction of sp³-hybridized carbons (Fsp3) is 0.250. The molecule has 1 aromatic carbocycles. The monoisotopic (exact) mass is 311 g/mol. The lowest BCUT2D eigenvalue weighted by atomic mass is 10.1. The van der Waals surface area contributed by atoms with E-state index in [1.165, 1.54) is 0 Å². The fourth-order valence-corrected chi connectivity index (χ4v) is 2.26. The van der Waals surface area contributed by atoms with Gasteiger partial charge < -0.3 is 15.2 Å². The molecule has 0 atom stereocenters. The number of nitrogens with zero attached hydrogens (tertiary/aromatic N) is 2. The van der Waals surface area contributed by atoms with Crippen molar-refractivity contribution < 1.29 is 9.47 Å². The molecule has 0 aliphatic heterocycles. The van der Waals surface area contributed by atoms with Crippen LogP contribution in [-0.4, -0.2) is 24.0 Å². The third kappa shape index (κ3) is 2.03. The molecule has 0 fully saturated rings. The molecule has 96 valence electrons. The first-order chi connectivity index (χ1) is 8.58. The largest absolute Gasteiger partial charge is 0.493 e. The lowest BCUT2D eigenvalue weighted by Crippen LogP contribution is -1.97. The van der Waals surface area contributed by atoms with Crippen LogP contribution in [-0.2, 0) is 7.05 Å². The second kappa shape index (κ2) is 4.89. The maximum atomic E-state index is 5.80. The number of benzene rings is 1. The summed E-state index contributed by atoms with van der Waals surface area (Å²) >= 11 is 3.50. The summed E-state index contributed by atoms with van der Waals surface area (Å²) in [7, 11) is 4.99. The summed E-state index contributed by atoms with van der Waals surface area (Å²) in [4.78, 5) is 0. The van der Waals surface area contributed by atoms with Crippen molar-refractivity contribution in [2.45, 2.75) is 0 Å². The summed E-state index contributed by atoms with van der Waals surface area (Å²) in [6.45, 7) is 0. The molecular weight excluding hydrogens is 298 g/mol. The minimum Gasteiger partial charge on any atom is -0.493 e. The maximum absolute atomic E-state index is 5.80. The standard InChI is InChI=1S/C12H14BrN3O2/c1-16-10(14)6-8(15-16)11-7(13)4-5-9(17-2)12(11)18-3/h4-6H,14H2,1-3H3. The van der Waals surface area contributed by atoms with Crippen LogP contribution in [0, 0.1) is 0 Å². The van der Waals surface area contributed by atoms with Crippen molar-refractivity contribution in [2.75, 3.05) is 20.0 Å². The van der Waals surface area contributed by atoms with Crippen LogP contribution in [0.4, 0.5) is 5.82 Å². The highest BCUT2D eigenvalue weighted by Crippen LogP contribution is 2.42. The average Bonchev–Trinajstić information content (AvgIpc) is 2.68. The van der Waals surface area contributed by atoms with Crippen LogP contribution in [0.2, 0.25) is 0 Å². The Hall–Kier alpha value is -1.69. The smallest absolute Gasteiger partial charge is 0.171 e. The van der Waals surface area contributed by atoms with Crippen molar-refractivity contribution >= 4 is 21.7 Å². The van der Waals surface area contributed by atoms with Crippen LogP contribution in [0.3, 0.4) is 0 Å². The molecule has 2 aromatic rings. The van der Waals surface area contributed by atoms with Crippen molar-refractivity contribution in [3.63, 3.8) is 0 Å². The number of nitrogens with two attached hydrogens (primary N) is 1. The Kier molecular flexibility index (Phi) is 3.47. The van der Waals surface area contributed by atoms with E-state index in [1.54, 1.807) is 32.0 Å². The molecule has 18 heavy (non-hydrogen) atoms. The van der Waals surface area contributed by atoms with Crippen LogP contribution >= 0.6 is 15.9 Å². The molecular formula is C12H14BrN3O2. The predicted octanol–water partition coefficient (Wildman–Crippen LogP) is 2.45. The maximum Gasteiger partial charge on any atom is 0.171 e. The van der Waals surface area contributed by atoms with E-state index in [0.717, 1.165) is 15.7 Å². The highest BCUT2D eigenvalue weighted by molar-refractivity contribution is 9.10. The molecule has 0 spiro atoms. The van der Waals surface area contributed by atoms with E-state index < -0.39 is 0 Å². The van der Waals surface area contributed by atoms with Gasteiger partial charge >= 0.3 is 0 Å². The number of methoxy groups -OCH3 is 2. The topological polar surface area (TPSA) is 62.3 Å². The third-order valence-electron chi connectivity index (χ3n) is 2.67. The molecule has 0 radical (unpaired) electrons. The Morgan fingerprint density at radius 3 is 2.50 bits per heavy atom. The minimum atomic E-state index is 0.585. The number of aryl methyl sites for hydroxylation is 1. The highest BCUT2D eigenvalue weighted by Gasteiger charge is 2.18. The summed E-state index contributed by atoms with van der Waals surface area (Å²) in [6.07, 6.45) is 0. The van der Waals surface area contributed by atoms with Crippen LogP contribution in [0.25, 0.3) is 11.3 Å². The van der Waals surface area contributed by atoms with E-state index in [1.807, 2.05) is 12.1 Å².